The molecule has 0 spiro atoms. The van der Waals surface area contributed by atoms with E-state index in [4.69, 9.17) is 9.47 Å². The fourth-order valence-corrected chi connectivity index (χ4v) is 3.38. The molecule has 158 valence electrons. The summed E-state index contributed by atoms with van der Waals surface area (Å²) in [7, 11) is 4.67. The molecule has 0 fully saturated rings. The molecule has 0 aromatic heterocycles. The van der Waals surface area contributed by atoms with E-state index >= 15 is 0 Å². The third kappa shape index (κ3) is 4.22. The van der Waals surface area contributed by atoms with Crippen molar-refractivity contribution in [1.29, 1.82) is 0 Å². The zero-order valence-corrected chi connectivity index (χ0v) is 17.5. The Morgan fingerprint density at radius 2 is 1.87 bits per heavy atom. The molecule has 0 aliphatic carbocycles. The molecule has 0 unspecified atom stereocenters. The molecule has 0 saturated heterocycles. The summed E-state index contributed by atoms with van der Waals surface area (Å²) in [6.45, 7) is 2.41. The second kappa shape index (κ2) is 8.86. The van der Waals surface area contributed by atoms with Crippen LogP contribution < -0.4 is 20.1 Å². The third-order valence-electron chi connectivity index (χ3n) is 4.84. The number of methoxy groups -OCH3 is 2. The number of rotatable bonds is 7. The van der Waals surface area contributed by atoms with E-state index in [-0.39, 0.29) is 17.7 Å². The molecular formula is C22H25N3O5. The van der Waals surface area contributed by atoms with Gasteiger partial charge in [-0.1, -0.05) is 6.92 Å². The first-order chi connectivity index (χ1) is 14.4. The molecule has 1 aliphatic heterocycles. The highest BCUT2D eigenvalue weighted by Gasteiger charge is 2.25. The molecule has 2 N–H and O–H groups in total. The number of hydrogen-bond acceptors (Lipinski definition) is 5. The summed E-state index contributed by atoms with van der Waals surface area (Å²) in [6, 6.07) is 8.29. The lowest BCUT2D eigenvalue weighted by molar-refractivity contribution is -0.116. The fourth-order valence-electron chi connectivity index (χ4n) is 3.38. The monoisotopic (exact) mass is 411 g/mol. The Balaban J connectivity index is 1.87. The highest BCUT2D eigenvalue weighted by molar-refractivity contribution is 6.07. The number of benzene rings is 2. The molecular weight excluding hydrogens is 386 g/mol. The molecule has 8 nitrogen and oxygen atoms in total. The van der Waals surface area contributed by atoms with Gasteiger partial charge in [0.1, 0.15) is 0 Å². The minimum Gasteiger partial charge on any atom is -0.493 e. The number of nitrogens with one attached hydrogen (secondary N) is 2. The minimum atomic E-state index is -0.375. The first-order valence-corrected chi connectivity index (χ1v) is 9.63. The van der Waals surface area contributed by atoms with Gasteiger partial charge in [0.2, 0.25) is 5.91 Å². The van der Waals surface area contributed by atoms with E-state index in [1.807, 2.05) is 6.92 Å². The van der Waals surface area contributed by atoms with Crippen molar-refractivity contribution >= 4 is 29.1 Å². The van der Waals surface area contributed by atoms with Gasteiger partial charge in [0.25, 0.3) is 11.8 Å². The number of nitrogens with zero attached hydrogens (tertiary/aromatic N) is 1. The Hall–Kier alpha value is -3.55. The van der Waals surface area contributed by atoms with E-state index in [0.717, 1.165) is 5.56 Å². The average Bonchev–Trinajstić information content (AvgIpc) is 3.00. The zero-order chi connectivity index (χ0) is 21.8. The molecule has 3 rings (SSSR count). The van der Waals surface area contributed by atoms with E-state index in [1.165, 1.54) is 14.2 Å². The predicted octanol–water partition coefficient (Wildman–Crippen LogP) is 3.28. The van der Waals surface area contributed by atoms with Crippen LogP contribution in [0.2, 0.25) is 0 Å². The van der Waals surface area contributed by atoms with E-state index in [2.05, 4.69) is 10.6 Å². The van der Waals surface area contributed by atoms with Crippen LogP contribution >= 0.6 is 0 Å². The summed E-state index contributed by atoms with van der Waals surface area (Å²) in [4.78, 5) is 38.6. The number of amides is 3. The number of carbonyl (C=O) groups excluding carboxylic acids is 3. The van der Waals surface area contributed by atoms with Crippen LogP contribution in [0.3, 0.4) is 0 Å². The van der Waals surface area contributed by atoms with Gasteiger partial charge in [-0.25, -0.2) is 0 Å². The second-order valence-electron chi connectivity index (χ2n) is 7.04. The predicted molar refractivity (Wildman–Crippen MR) is 113 cm³/mol. The molecule has 1 heterocycles. The van der Waals surface area contributed by atoms with E-state index < -0.39 is 0 Å². The smallest absolute Gasteiger partial charge is 0.255 e. The summed E-state index contributed by atoms with van der Waals surface area (Å²) < 4.78 is 10.7. The van der Waals surface area contributed by atoms with Gasteiger partial charge in [-0.3, -0.25) is 14.4 Å². The second-order valence-corrected chi connectivity index (χ2v) is 7.04. The van der Waals surface area contributed by atoms with Gasteiger partial charge in [-0.05, 0) is 42.3 Å². The van der Waals surface area contributed by atoms with Crippen LogP contribution in [0.5, 0.6) is 11.5 Å². The largest absolute Gasteiger partial charge is 0.493 e. The molecule has 0 saturated carbocycles. The van der Waals surface area contributed by atoms with Gasteiger partial charge in [-0.15, -0.1) is 0 Å². The van der Waals surface area contributed by atoms with Crippen LogP contribution in [0.4, 0.5) is 11.4 Å². The van der Waals surface area contributed by atoms with Gasteiger partial charge >= 0.3 is 0 Å². The van der Waals surface area contributed by atoms with E-state index in [0.29, 0.717) is 53.4 Å². The van der Waals surface area contributed by atoms with Gasteiger partial charge in [-0.2, -0.15) is 0 Å². The van der Waals surface area contributed by atoms with Crippen LogP contribution in [0, 0.1) is 0 Å². The first-order valence-electron chi connectivity index (χ1n) is 9.63. The molecule has 0 bridgehead atoms. The Kier molecular flexibility index (Phi) is 6.25. The lowest BCUT2D eigenvalue weighted by Gasteiger charge is -2.16. The summed E-state index contributed by atoms with van der Waals surface area (Å²) in [5.74, 6) is 0.0910. The van der Waals surface area contributed by atoms with Crippen molar-refractivity contribution in [3.63, 3.8) is 0 Å². The van der Waals surface area contributed by atoms with Crippen LogP contribution in [-0.4, -0.2) is 43.9 Å². The molecule has 0 atom stereocenters. The highest BCUT2D eigenvalue weighted by atomic mass is 16.5. The first kappa shape index (κ1) is 21.2. The molecule has 8 heteroatoms. The number of hydrogen-bond donors (Lipinski definition) is 2. The number of carbonyl (C=O) groups is 3. The van der Waals surface area contributed by atoms with Crippen LogP contribution in [-0.2, 0) is 11.3 Å². The Bertz CT molecular complexity index is 1000. The summed E-state index contributed by atoms with van der Waals surface area (Å²) in [5, 5.41) is 5.61. The summed E-state index contributed by atoms with van der Waals surface area (Å²) >= 11 is 0. The molecule has 1 aliphatic rings. The molecule has 2 aromatic carbocycles. The third-order valence-corrected chi connectivity index (χ3v) is 4.84. The molecule has 30 heavy (non-hydrogen) atoms. The van der Waals surface area contributed by atoms with Crippen LogP contribution in [0.25, 0.3) is 0 Å². The van der Waals surface area contributed by atoms with Crippen molar-refractivity contribution in [3.8, 4) is 11.5 Å². The topological polar surface area (TPSA) is 97.0 Å². The lowest BCUT2D eigenvalue weighted by atomic mass is 10.1. The number of anilines is 2. The standard InChI is InChI=1S/C22H25N3O5/c1-5-6-19(26)24-17-10-13(11-18(29-3)20(17)30-4)21(27)23-15-7-8-16-14(9-15)12-25(2)22(16)28/h7-11H,5-6,12H2,1-4H3,(H,23,27)(H,24,26). The van der Waals surface area contributed by atoms with Crippen LogP contribution in [0.1, 0.15) is 46.0 Å². The van der Waals surface area contributed by atoms with Gasteiger partial charge in [0, 0.05) is 36.8 Å². The Labute approximate surface area is 175 Å². The molecule has 0 radical (unpaired) electrons. The van der Waals surface area contributed by atoms with Crippen molar-refractivity contribution in [2.45, 2.75) is 26.3 Å². The molecule has 3 amide bonds. The number of ether oxygens (including phenoxy) is 2. The SMILES string of the molecule is CCCC(=O)Nc1cc(C(=O)Nc2ccc3c(c2)CN(C)C3=O)cc(OC)c1OC. The minimum absolute atomic E-state index is 0.0322. The zero-order valence-electron chi connectivity index (χ0n) is 17.5. The maximum absolute atomic E-state index is 12.9. The van der Waals surface area contributed by atoms with Crippen molar-refractivity contribution < 1.29 is 23.9 Å². The maximum atomic E-state index is 12.9. The number of fused-ring (bicyclic) bond motifs is 1. The summed E-state index contributed by atoms with van der Waals surface area (Å²) in [5.41, 5.74) is 2.74. The van der Waals surface area contributed by atoms with Gasteiger partial charge in [0.05, 0.1) is 19.9 Å². The quantitative estimate of drug-likeness (QED) is 0.729. The van der Waals surface area contributed by atoms with Gasteiger partial charge in [0.15, 0.2) is 11.5 Å². The van der Waals surface area contributed by atoms with Crippen molar-refractivity contribution in [2.75, 3.05) is 31.9 Å². The Morgan fingerprint density at radius 3 is 2.53 bits per heavy atom. The normalized spacial score (nSPS) is 12.4. The maximum Gasteiger partial charge on any atom is 0.255 e. The lowest BCUT2D eigenvalue weighted by Crippen LogP contribution is -2.17. The average molecular weight is 411 g/mol. The summed E-state index contributed by atoms with van der Waals surface area (Å²) in [6.07, 6.45) is 1.05. The fraction of sp³-hybridized carbons (Fsp3) is 0.318. The van der Waals surface area contributed by atoms with E-state index in [9.17, 15) is 14.4 Å². The van der Waals surface area contributed by atoms with E-state index in [1.54, 1.807) is 42.3 Å². The van der Waals surface area contributed by atoms with Gasteiger partial charge < -0.3 is 25.0 Å². The van der Waals surface area contributed by atoms with Crippen LogP contribution in [0.15, 0.2) is 30.3 Å². The Morgan fingerprint density at radius 1 is 1.10 bits per heavy atom. The highest BCUT2D eigenvalue weighted by Crippen LogP contribution is 2.37. The molecule has 2 aromatic rings. The van der Waals surface area contributed by atoms with Crippen molar-refractivity contribution in [2.24, 2.45) is 0 Å². The van der Waals surface area contributed by atoms with Crippen molar-refractivity contribution in [3.05, 3.63) is 47.0 Å². The van der Waals surface area contributed by atoms with Crippen molar-refractivity contribution in [1.82, 2.24) is 4.90 Å².